The van der Waals surface area contributed by atoms with E-state index in [2.05, 4.69) is 54.7 Å². The van der Waals surface area contributed by atoms with Gasteiger partial charge in [-0.05, 0) is 50.1 Å². The van der Waals surface area contributed by atoms with Crippen LogP contribution in [0.3, 0.4) is 0 Å². The Hall–Kier alpha value is -2.94. The Bertz CT molecular complexity index is 844. The van der Waals surface area contributed by atoms with Crippen LogP contribution >= 0.6 is 0 Å². The first-order valence-corrected chi connectivity index (χ1v) is 10.3. The summed E-state index contributed by atoms with van der Waals surface area (Å²) in [5.41, 5.74) is 7.56. The predicted molar refractivity (Wildman–Crippen MR) is 114 cm³/mol. The van der Waals surface area contributed by atoms with Crippen molar-refractivity contribution >= 4 is 29.0 Å². The molecule has 0 bridgehead atoms. The van der Waals surface area contributed by atoms with Crippen LogP contribution in [0.25, 0.3) is 0 Å². The number of carbonyl (C=O) groups excluding carboxylic acids is 1. The Balaban J connectivity index is 1.43. The van der Waals surface area contributed by atoms with Crippen LogP contribution in [0.4, 0.5) is 23.1 Å². The highest BCUT2D eigenvalue weighted by Gasteiger charge is 2.22. The second-order valence-electron chi connectivity index (χ2n) is 7.56. The number of benzene rings is 1. The molecule has 4 rings (SSSR count). The van der Waals surface area contributed by atoms with Crippen molar-refractivity contribution in [2.45, 2.75) is 32.2 Å². The summed E-state index contributed by atoms with van der Waals surface area (Å²) in [5.74, 6) is 0.0946. The fourth-order valence-corrected chi connectivity index (χ4v) is 3.60. The molecule has 1 amide bonds. The van der Waals surface area contributed by atoms with E-state index >= 15 is 0 Å². The van der Waals surface area contributed by atoms with Gasteiger partial charge in [-0.3, -0.25) is 4.79 Å². The number of nitrogens with zero attached hydrogens (tertiary/aromatic N) is 5. The van der Waals surface area contributed by atoms with Crippen molar-refractivity contribution < 1.29 is 4.79 Å². The van der Waals surface area contributed by atoms with Crippen LogP contribution < -0.4 is 21.3 Å². The summed E-state index contributed by atoms with van der Waals surface area (Å²) in [4.78, 5) is 20.9. The monoisotopic (exact) mass is 396 g/mol. The lowest BCUT2D eigenvalue weighted by atomic mass is 9.93. The van der Waals surface area contributed by atoms with Crippen molar-refractivity contribution in [2.24, 2.45) is 5.73 Å². The lowest BCUT2D eigenvalue weighted by molar-refractivity contribution is 0.0995. The van der Waals surface area contributed by atoms with Crippen molar-refractivity contribution in [3.63, 3.8) is 0 Å². The van der Waals surface area contributed by atoms with Crippen LogP contribution in [-0.2, 0) is 0 Å². The zero-order chi connectivity index (χ0) is 20.2. The molecular weight excluding hydrogens is 368 g/mol. The molecule has 2 fully saturated rings. The summed E-state index contributed by atoms with van der Waals surface area (Å²) < 4.78 is 0. The normalized spacial score (nSPS) is 17.6. The van der Waals surface area contributed by atoms with Gasteiger partial charge in [0, 0.05) is 43.6 Å². The van der Waals surface area contributed by atoms with Gasteiger partial charge in [-0.25, -0.2) is 0 Å². The van der Waals surface area contributed by atoms with Gasteiger partial charge in [0.1, 0.15) is 0 Å². The lowest BCUT2D eigenvalue weighted by Crippen LogP contribution is -2.46. The van der Waals surface area contributed by atoms with E-state index < -0.39 is 5.91 Å². The number of nitrogens with one attached hydrogen (secondary N) is 2. The minimum atomic E-state index is -0.633. The zero-order valence-electron chi connectivity index (χ0n) is 16.8. The maximum absolute atomic E-state index is 11.6. The summed E-state index contributed by atoms with van der Waals surface area (Å²) in [5, 5.41) is 14.4. The van der Waals surface area contributed by atoms with Crippen LogP contribution in [0.2, 0.25) is 0 Å². The second kappa shape index (κ2) is 8.60. The van der Waals surface area contributed by atoms with E-state index in [9.17, 15) is 4.79 Å². The van der Waals surface area contributed by atoms with Crippen LogP contribution in [0.5, 0.6) is 0 Å². The van der Waals surface area contributed by atoms with Gasteiger partial charge in [-0.1, -0.05) is 6.92 Å². The average Bonchev–Trinajstić information content (AvgIpc) is 2.71. The highest BCUT2D eigenvalue weighted by molar-refractivity contribution is 5.95. The first-order valence-electron chi connectivity index (χ1n) is 10.3. The van der Waals surface area contributed by atoms with Gasteiger partial charge in [0.25, 0.3) is 5.91 Å². The zero-order valence-corrected chi connectivity index (χ0v) is 16.8. The molecule has 0 atom stereocenters. The molecule has 1 saturated heterocycles. The average molecular weight is 396 g/mol. The highest BCUT2D eigenvalue weighted by atomic mass is 16.1. The molecule has 0 radical (unpaired) electrons. The predicted octanol–water partition coefficient (Wildman–Crippen LogP) is 1.82. The van der Waals surface area contributed by atoms with E-state index in [1.165, 1.54) is 12.1 Å². The number of anilines is 4. The highest BCUT2D eigenvalue weighted by Crippen LogP contribution is 2.25. The van der Waals surface area contributed by atoms with Crippen molar-refractivity contribution in [3.8, 4) is 0 Å². The minimum Gasteiger partial charge on any atom is -0.369 e. The molecule has 1 aliphatic carbocycles. The Morgan fingerprint density at radius 1 is 1.14 bits per heavy atom. The molecule has 1 aromatic carbocycles. The van der Waals surface area contributed by atoms with Gasteiger partial charge < -0.3 is 26.2 Å². The summed E-state index contributed by atoms with van der Waals surface area (Å²) in [6.07, 6.45) is 3.28. The Kier molecular flexibility index (Phi) is 5.75. The maximum atomic E-state index is 11.6. The first kappa shape index (κ1) is 19.4. The number of primary amides is 1. The number of piperazine rings is 1. The lowest BCUT2D eigenvalue weighted by Gasteiger charge is -2.35. The van der Waals surface area contributed by atoms with E-state index in [1.807, 2.05) is 12.1 Å². The van der Waals surface area contributed by atoms with Gasteiger partial charge in [0.05, 0.1) is 0 Å². The van der Waals surface area contributed by atoms with Crippen molar-refractivity contribution in [3.05, 3.63) is 30.0 Å². The smallest absolute Gasteiger partial charge is 0.273 e. The molecule has 2 aliphatic rings. The minimum absolute atomic E-state index is 0.0732. The number of nitrogens with two attached hydrogens (primary N) is 1. The molecule has 1 aliphatic heterocycles. The van der Waals surface area contributed by atoms with Crippen LogP contribution in [0.1, 0.15) is 36.7 Å². The molecule has 9 nitrogen and oxygen atoms in total. The number of hydrogen-bond acceptors (Lipinski definition) is 8. The van der Waals surface area contributed by atoms with Gasteiger partial charge in [-0.15, -0.1) is 10.2 Å². The molecule has 1 aromatic heterocycles. The Morgan fingerprint density at radius 3 is 2.45 bits per heavy atom. The fraction of sp³-hybridized carbons (Fsp3) is 0.500. The largest absolute Gasteiger partial charge is 0.369 e. The molecule has 9 heteroatoms. The molecular formula is C20H28N8O. The number of likely N-dealkylation sites (N-methyl/N-ethyl adjacent to an activating group) is 1. The molecule has 0 spiro atoms. The van der Waals surface area contributed by atoms with E-state index in [0.29, 0.717) is 17.8 Å². The van der Waals surface area contributed by atoms with Crippen LogP contribution in [-0.4, -0.2) is 64.8 Å². The maximum Gasteiger partial charge on any atom is 0.273 e. The number of amides is 1. The van der Waals surface area contributed by atoms with E-state index in [0.717, 1.165) is 51.3 Å². The standard InChI is InChI=1S/C20H28N8O/c1-2-27-10-12-28(13-11-27)16-8-6-15(7-9-16)23-20-24-19(22-14-4-3-5-14)17(18(21)29)25-26-20/h6-9,14H,2-5,10-13H2,1H3,(H2,21,29)(H2,22,23,24,26). The van der Waals surface area contributed by atoms with E-state index in [4.69, 9.17) is 5.73 Å². The van der Waals surface area contributed by atoms with E-state index in [-0.39, 0.29) is 5.69 Å². The SMILES string of the molecule is CCN1CCN(c2ccc(Nc3nnc(C(N)=O)c(NC4CCC4)n3)cc2)CC1. The topological polar surface area (TPSA) is 112 Å². The second-order valence-corrected chi connectivity index (χ2v) is 7.56. The van der Waals surface area contributed by atoms with Crippen molar-refractivity contribution in [1.82, 2.24) is 20.1 Å². The summed E-state index contributed by atoms with van der Waals surface area (Å²) >= 11 is 0. The summed E-state index contributed by atoms with van der Waals surface area (Å²) in [6, 6.07) is 8.52. The molecule has 1 saturated carbocycles. The molecule has 4 N–H and O–H groups in total. The number of hydrogen-bond donors (Lipinski definition) is 3. The third-order valence-electron chi connectivity index (χ3n) is 5.67. The first-order chi connectivity index (χ1) is 14.1. The quantitative estimate of drug-likeness (QED) is 0.650. The van der Waals surface area contributed by atoms with Gasteiger partial charge >= 0.3 is 0 Å². The van der Waals surface area contributed by atoms with Gasteiger partial charge in [0.15, 0.2) is 11.5 Å². The molecule has 2 heterocycles. The molecule has 2 aromatic rings. The number of carbonyl (C=O) groups is 1. The third kappa shape index (κ3) is 4.56. The summed E-state index contributed by atoms with van der Waals surface area (Å²) in [7, 11) is 0. The van der Waals surface area contributed by atoms with Crippen molar-refractivity contribution in [2.75, 3.05) is 48.3 Å². The van der Waals surface area contributed by atoms with Gasteiger partial charge in [-0.2, -0.15) is 4.98 Å². The fourth-order valence-electron chi connectivity index (χ4n) is 3.60. The van der Waals surface area contributed by atoms with E-state index in [1.54, 1.807) is 0 Å². The van der Waals surface area contributed by atoms with Gasteiger partial charge in [0.2, 0.25) is 5.95 Å². The molecule has 154 valence electrons. The summed E-state index contributed by atoms with van der Waals surface area (Å²) in [6.45, 7) is 7.59. The van der Waals surface area contributed by atoms with Crippen LogP contribution in [0, 0.1) is 0 Å². The van der Waals surface area contributed by atoms with Crippen LogP contribution in [0.15, 0.2) is 24.3 Å². The van der Waals surface area contributed by atoms with Crippen molar-refractivity contribution in [1.29, 1.82) is 0 Å². The number of rotatable bonds is 7. The Labute approximate surface area is 170 Å². The third-order valence-corrected chi connectivity index (χ3v) is 5.67. The molecule has 0 unspecified atom stereocenters. The number of aromatic nitrogens is 3. The Morgan fingerprint density at radius 2 is 1.86 bits per heavy atom. The molecule has 29 heavy (non-hydrogen) atoms.